The Kier molecular flexibility index (Phi) is 4.40. The first-order valence-corrected chi connectivity index (χ1v) is 7.43. The molecule has 18 heavy (non-hydrogen) atoms. The van der Waals surface area contributed by atoms with Gasteiger partial charge in [0, 0.05) is 16.8 Å². The quantitative estimate of drug-likeness (QED) is 0.943. The summed E-state index contributed by atoms with van der Waals surface area (Å²) in [5, 5.41) is 1.92. The molecule has 2 aromatic heterocycles. The van der Waals surface area contributed by atoms with Gasteiger partial charge in [0.2, 0.25) is 5.91 Å². The van der Waals surface area contributed by atoms with Crippen LogP contribution in [0, 0.1) is 0 Å². The fourth-order valence-corrected chi connectivity index (χ4v) is 3.44. The number of carbonyl (C=O) groups is 1. The summed E-state index contributed by atoms with van der Waals surface area (Å²) in [5.41, 5.74) is 5.94. The van der Waals surface area contributed by atoms with E-state index in [-0.39, 0.29) is 5.91 Å². The van der Waals surface area contributed by atoms with Crippen molar-refractivity contribution < 1.29 is 4.79 Å². The van der Waals surface area contributed by atoms with Crippen LogP contribution in [0.15, 0.2) is 29.6 Å². The maximum Gasteiger partial charge on any atom is 0.244 e. The van der Waals surface area contributed by atoms with E-state index < -0.39 is 6.04 Å². The van der Waals surface area contributed by atoms with E-state index in [2.05, 4.69) is 0 Å². The van der Waals surface area contributed by atoms with Gasteiger partial charge >= 0.3 is 0 Å². The number of nitrogens with two attached hydrogens (primary N) is 1. The third-order valence-electron chi connectivity index (χ3n) is 2.51. The van der Waals surface area contributed by atoms with Crippen LogP contribution in [0.25, 0.3) is 0 Å². The second kappa shape index (κ2) is 5.84. The number of halogens is 1. The van der Waals surface area contributed by atoms with Gasteiger partial charge in [0.1, 0.15) is 6.04 Å². The highest BCUT2D eigenvalue weighted by molar-refractivity contribution is 7.16. The van der Waals surface area contributed by atoms with Crippen molar-refractivity contribution in [3.8, 4) is 0 Å². The van der Waals surface area contributed by atoms with Crippen molar-refractivity contribution in [3.63, 3.8) is 0 Å². The van der Waals surface area contributed by atoms with E-state index in [1.807, 2.05) is 29.6 Å². The van der Waals surface area contributed by atoms with Crippen molar-refractivity contribution in [1.29, 1.82) is 0 Å². The number of nitrogens with zero attached hydrogens (tertiary/aromatic N) is 1. The van der Waals surface area contributed by atoms with Gasteiger partial charge in [-0.25, -0.2) is 0 Å². The lowest BCUT2D eigenvalue weighted by molar-refractivity contribution is -0.131. The topological polar surface area (TPSA) is 46.3 Å². The molecule has 0 aliphatic heterocycles. The van der Waals surface area contributed by atoms with Gasteiger partial charge in [0.25, 0.3) is 0 Å². The van der Waals surface area contributed by atoms with Crippen LogP contribution >= 0.6 is 34.3 Å². The Bertz CT molecular complexity index is 524. The molecule has 0 bridgehead atoms. The molecule has 0 aliphatic carbocycles. The van der Waals surface area contributed by atoms with Crippen molar-refractivity contribution in [2.75, 3.05) is 7.05 Å². The number of thiophene rings is 2. The molecular weight excluding hydrogens is 288 g/mol. The van der Waals surface area contributed by atoms with Crippen LogP contribution in [0.4, 0.5) is 0 Å². The predicted octanol–water partition coefficient (Wildman–Crippen LogP) is 3.12. The van der Waals surface area contributed by atoms with Crippen molar-refractivity contribution in [2.45, 2.75) is 12.6 Å². The minimum atomic E-state index is -0.578. The van der Waals surface area contributed by atoms with Crippen LogP contribution in [-0.4, -0.2) is 17.9 Å². The third kappa shape index (κ3) is 3.11. The van der Waals surface area contributed by atoms with Gasteiger partial charge < -0.3 is 10.6 Å². The van der Waals surface area contributed by atoms with Crippen molar-refractivity contribution in [2.24, 2.45) is 5.73 Å². The lowest BCUT2D eigenvalue weighted by atomic mass is 10.2. The molecule has 0 spiro atoms. The zero-order valence-corrected chi connectivity index (χ0v) is 12.2. The monoisotopic (exact) mass is 300 g/mol. The molecule has 3 nitrogen and oxygen atoms in total. The van der Waals surface area contributed by atoms with Crippen molar-refractivity contribution >= 4 is 40.2 Å². The van der Waals surface area contributed by atoms with E-state index in [4.69, 9.17) is 17.3 Å². The lowest BCUT2D eigenvalue weighted by Gasteiger charge is -2.20. The molecule has 0 fully saturated rings. The van der Waals surface area contributed by atoms with E-state index in [0.717, 1.165) is 14.1 Å². The van der Waals surface area contributed by atoms with Crippen LogP contribution in [0.2, 0.25) is 4.34 Å². The number of carbonyl (C=O) groups excluding carboxylic acids is 1. The summed E-state index contributed by atoms with van der Waals surface area (Å²) in [7, 11) is 1.75. The molecule has 1 unspecified atom stereocenters. The van der Waals surface area contributed by atoms with E-state index >= 15 is 0 Å². The van der Waals surface area contributed by atoms with E-state index in [1.165, 1.54) is 22.7 Å². The number of rotatable bonds is 4. The van der Waals surface area contributed by atoms with Gasteiger partial charge in [-0.3, -0.25) is 4.79 Å². The molecule has 2 heterocycles. The van der Waals surface area contributed by atoms with Gasteiger partial charge in [-0.1, -0.05) is 17.7 Å². The van der Waals surface area contributed by atoms with Gasteiger partial charge in [-0.2, -0.15) is 0 Å². The number of amides is 1. The summed E-state index contributed by atoms with van der Waals surface area (Å²) >= 11 is 8.83. The highest BCUT2D eigenvalue weighted by Gasteiger charge is 2.20. The lowest BCUT2D eigenvalue weighted by Crippen LogP contribution is -2.34. The fraction of sp³-hybridized carbons (Fsp3) is 0.250. The Balaban J connectivity index is 2.00. The first kappa shape index (κ1) is 13.5. The molecule has 1 amide bonds. The Morgan fingerprint density at radius 2 is 2.28 bits per heavy atom. The molecule has 2 rings (SSSR count). The van der Waals surface area contributed by atoms with Crippen LogP contribution in [-0.2, 0) is 11.3 Å². The third-order valence-corrected chi connectivity index (χ3v) is 4.69. The molecule has 0 saturated heterocycles. The minimum absolute atomic E-state index is 0.0815. The molecule has 2 N–H and O–H groups in total. The number of likely N-dealkylation sites (N-methyl/N-ethyl adjacent to an activating group) is 1. The summed E-state index contributed by atoms with van der Waals surface area (Å²) in [4.78, 5) is 15.7. The fourth-order valence-electron chi connectivity index (χ4n) is 1.58. The van der Waals surface area contributed by atoms with Crippen molar-refractivity contribution in [3.05, 3.63) is 43.7 Å². The minimum Gasteiger partial charge on any atom is -0.339 e. The second-order valence-corrected chi connectivity index (χ2v) is 6.67. The molecule has 0 aromatic carbocycles. The zero-order chi connectivity index (χ0) is 13.1. The Morgan fingerprint density at radius 3 is 2.83 bits per heavy atom. The summed E-state index contributed by atoms with van der Waals surface area (Å²) in [6.45, 7) is 0.537. The van der Waals surface area contributed by atoms with Gasteiger partial charge in [0.05, 0.1) is 10.9 Å². The van der Waals surface area contributed by atoms with Gasteiger partial charge in [0.15, 0.2) is 0 Å². The van der Waals surface area contributed by atoms with E-state index in [9.17, 15) is 4.79 Å². The first-order chi connectivity index (χ1) is 8.58. The summed E-state index contributed by atoms with van der Waals surface area (Å²) < 4.78 is 0.730. The van der Waals surface area contributed by atoms with Crippen molar-refractivity contribution in [1.82, 2.24) is 4.90 Å². The smallest absolute Gasteiger partial charge is 0.244 e. The Labute approximate surface area is 119 Å². The van der Waals surface area contributed by atoms with Crippen LogP contribution in [0.1, 0.15) is 15.8 Å². The van der Waals surface area contributed by atoms with Crippen LogP contribution < -0.4 is 5.73 Å². The zero-order valence-electron chi connectivity index (χ0n) is 9.80. The molecule has 96 valence electrons. The number of hydrogen-bond donors (Lipinski definition) is 1. The van der Waals surface area contributed by atoms with E-state index in [0.29, 0.717) is 6.54 Å². The first-order valence-electron chi connectivity index (χ1n) is 5.36. The highest BCUT2D eigenvalue weighted by atomic mass is 35.5. The molecule has 0 radical (unpaired) electrons. The van der Waals surface area contributed by atoms with Gasteiger partial charge in [-0.05, 0) is 23.6 Å². The average molecular weight is 301 g/mol. The average Bonchev–Trinajstić information content (AvgIpc) is 2.98. The SMILES string of the molecule is CN(Cc1ccc(Cl)s1)C(=O)C(N)c1cccs1. The van der Waals surface area contributed by atoms with Gasteiger partial charge in [-0.15, -0.1) is 22.7 Å². The maximum atomic E-state index is 12.1. The molecule has 2 aromatic rings. The standard InChI is InChI=1S/C12H13ClN2OS2/c1-15(7-8-4-5-10(13)18-8)12(16)11(14)9-3-2-6-17-9/h2-6,11H,7,14H2,1H3. The highest BCUT2D eigenvalue weighted by Crippen LogP contribution is 2.24. The van der Waals surface area contributed by atoms with Crippen LogP contribution in [0.5, 0.6) is 0 Å². The Morgan fingerprint density at radius 1 is 1.50 bits per heavy atom. The normalized spacial score (nSPS) is 12.4. The summed E-state index contributed by atoms with van der Waals surface area (Å²) in [5.74, 6) is -0.0815. The van der Waals surface area contributed by atoms with Crippen LogP contribution in [0.3, 0.4) is 0 Å². The largest absolute Gasteiger partial charge is 0.339 e. The number of hydrogen-bond acceptors (Lipinski definition) is 4. The maximum absolute atomic E-state index is 12.1. The molecule has 1 atom stereocenters. The summed E-state index contributed by atoms with van der Waals surface area (Å²) in [6.07, 6.45) is 0. The summed E-state index contributed by atoms with van der Waals surface area (Å²) in [6, 6.07) is 6.95. The Hall–Kier alpha value is -0.880. The predicted molar refractivity (Wildman–Crippen MR) is 77.1 cm³/mol. The molecule has 0 aliphatic rings. The van der Waals surface area contributed by atoms with E-state index in [1.54, 1.807) is 11.9 Å². The second-order valence-electron chi connectivity index (χ2n) is 3.89. The molecule has 6 heteroatoms. The molecular formula is C12H13ClN2OS2. The molecule has 0 saturated carbocycles.